The molecule has 0 radical (unpaired) electrons. The van der Waals surface area contributed by atoms with Crippen molar-refractivity contribution in [3.8, 4) is 0 Å². The third-order valence-corrected chi connectivity index (χ3v) is 5.12. The minimum absolute atomic E-state index is 0.405. The molecule has 2 rings (SSSR count). The third kappa shape index (κ3) is 3.96. The van der Waals surface area contributed by atoms with Gasteiger partial charge in [-0.05, 0) is 81.7 Å². The molecule has 3 heteroatoms. The largest absolute Gasteiger partial charge is 0.310 e. The lowest BCUT2D eigenvalue weighted by molar-refractivity contribution is 0.419. The van der Waals surface area contributed by atoms with E-state index in [4.69, 9.17) is 0 Å². The first kappa shape index (κ1) is 14.9. The Morgan fingerprint density at radius 2 is 2.00 bits per heavy atom. The van der Waals surface area contributed by atoms with Gasteiger partial charge in [-0.25, -0.2) is 0 Å². The molecule has 1 saturated heterocycles. The number of aromatic nitrogens is 1. The van der Waals surface area contributed by atoms with Gasteiger partial charge in [-0.2, -0.15) is 11.8 Å². The van der Waals surface area contributed by atoms with Crippen LogP contribution in [-0.4, -0.2) is 23.0 Å². The van der Waals surface area contributed by atoms with Gasteiger partial charge in [0.05, 0.1) is 0 Å². The first-order valence-electron chi connectivity index (χ1n) is 7.33. The first-order valence-corrected chi connectivity index (χ1v) is 8.49. The van der Waals surface area contributed by atoms with E-state index in [1.807, 2.05) is 0 Å². The summed E-state index contributed by atoms with van der Waals surface area (Å²) in [5.41, 5.74) is 5.05. The molecule has 0 spiro atoms. The Morgan fingerprint density at radius 1 is 1.32 bits per heavy atom. The number of rotatable bonds is 4. The Labute approximate surface area is 121 Å². The molecule has 0 saturated carbocycles. The minimum Gasteiger partial charge on any atom is -0.310 e. The van der Waals surface area contributed by atoms with Crippen molar-refractivity contribution in [2.75, 3.05) is 18.1 Å². The molecule has 1 aromatic heterocycles. The van der Waals surface area contributed by atoms with Crippen LogP contribution in [0, 0.1) is 26.7 Å². The highest BCUT2D eigenvalue weighted by atomic mass is 32.2. The third-order valence-electron chi connectivity index (χ3n) is 4.07. The lowest BCUT2D eigenvalue weighted by Gasteiger charge is -2.25. The zero-order chi connectivity index (χ0) is 13.8. The van der Waals surface area contributed by atoms with Gasteiger partial charge in [0.15, 0.2) is 0 Å². The summed E-state index contributed by atoms with van der Waals surface area (Å²) in [6, 6.07) is 2.60. The fourth-order valence-corrected chi connectivity index (χ4v) is 4.29. The molecule has 0 aromatic carbocycles. The van der Waals surface area contributed by atoms with E-state index in [1.165, 1.54) is 41.2 Å². The van der Waals surface area contributed by atoms with Gasteiger partial charge in [0.25, 0.3) is 0 Å². The maximum Gasteiger partial charge on any atom is 0.0426 e. The molecule has 1 atom stereocenters. The van der Waals surface area contributed by atoms with Crippen molar-refractivity contribution >= 4 is 11.8 Å². The van der Waals surface area contributed by atoms with E-state index in [9.17, 15) is 0 Å². The van der Waals surface area contributed by atoms with Gasteiger partial charge >= 0.3 is 0 Å². The van der Waals surface area contributed by atoms with Gasteiger partial charge in [-0.15, -0.1) is 0 Å². The van der Waals surface area contributed by atoms with Crippen molar-refractivity contribution in [2.24, 2.45) is 5.92 Å². The second-order valence-electron chi connectivity index (χ2n) is 5.77. The van der Waals surface area contributed by atoms with Gasteiger partial charge in [-0.3, -0.25) is 4.98 Å². The molecular formula is C16H26N2S. The van der Waals surface area contributed by atoms with Crippen molar-refractivity contribution in [3.63, 3.8) is 0 Å². The fourth-order valence-electron chi connectivity index (χ4n) is 3.08. The molecule has 2 nitrogen and oxygen atoms in total. The number of hydrogen-bond donors (Lipinski definition) is 1. The summed E-state index contributed by atoms with van der Waals surface area (Å²) in [5, 5.41) is 3.72. The molecule has 19 heavy (non-hydrogen) atoms. The zero-order valence-electron chi connectivity index (χ0n) is 12.6. The summed E-state index contributed by atoms with van der Waals surface area (Å²) >= 11 is 2.10. The average molecular weight is 278 g/mol. The Kier molecular flexibility index (Phi) is 5.28. The Bertz CT molecular complexity index is 402. The zero-order valence-corrected chi connectivity index (χ0v) is 13.4. The van der Waals surface area contributed by atoms with E-state index in [1.54, 1.807) is 0 Å². The van der Waals surface area contributed by atoms with E-state index < -0.39 is 0 Å². The fraction of sp³-hybridized carbons (Fsp3) is 0.688. The standard InChI is InChI=1S/C16H26N2S/c1-11-9-12(2)18-14(4)16(11)13(3)17-10-15-5-7-19-8-6-15/h9,13,15,17H,5-8,10H2,1-4H3. The van der Waals surface area contributed by atoms with Crippen LogP contribution in [0.1, 0.15) is 48.3 Å². The number of thioether (sulfide) groups is 1. The molecule has 1 fully saturated rings. The predicted molar refractivity (Wildman–Crippen MR) is 84.9 cm³/mol. The van der Waals surface area contributed by atoms with Crippen LogP contribution in [0.4, 0.5) is 0 Å². The SMILES string of the molecule is Cc1cc(C)c(C(C)NCC2CCSCC2)c(C)n1. The Balaban J connectivity index is 1.97. The number of nitrogens with zero attached hydrogens (tertiary/aromatic N) is 1. The molecule has 1 aliphatic rings. The van der Waals surface area contributed by atoms with Crippen LogP contribution in [0.3, 0.4) is 0 Å². The van der Waals surface area contributed by atoms with Crippen LogP contribution in [0.25, 0.3) is 0 Å². The van der Waals surface area contributed by atoms with Crippen LogP contribution in [0.2, 0.25) is 0 Å². The van der Waals surface area contributed by atoms with Gasteiger partial charge < -0.3 is 5.32 Å². The number of nitrogens with one attached hydrogen (secondary N) is 1. The summed E-state index contributed by atoms with van der Waals surface area (Å²) in [4.78, 5) is 4.61. The summed E-state index contributed by atoms with van der Waals surface area (Å²) in [6.45, 7) is 9.82. The van der Waals surface area contributed by atoms with Crippen LogP contribution >= 0.6 is 11.8 Å². The van der Waals surface area contributed by atoms with Crippen LogP contribution in [0.5, 0.6) is 0 Å². The summed E-state index contributed by atoms with van der Waals surface area (Å²) < 4.78 is 0. The van der Waals surface area contributed by atoms with Crippen LogP contribution in [0.15, 0.2) is 6.07 Å². The highest BCUT2D eigenvalue weighted by Gasteiger charge is 2.17. The quantitative estimate of drug-likeness (QED) is 0.907. The van der Waals surface area contributed by atoms with Crippen molar-refractivity contribution in [1.29, 1.82) is 0 Å². The molecule has 1 aromatic rings. The smallest absolute Gasteiger partial charge is 0.0426 e. The normalized spacial score (nSPS) is 18.5. The molecule has 0 bridgehead atoms. The average Bonchev–Trinajstić information content (AvgIpc) is 2.36. The van der Waals surface area contributed by atoms with Gasteiger partial charge in [-0.1, -0.05) is 0 Å². The predicted octanol–water partition coefficient (Wildman–Crippen LogP) is 3.80. The molecule has 1 N–H and O–H groups in total. The maximum atomic E-state index is 4.61. The Morgan fingerprint density at radius 3 is 2.63 bits per heavy atom. The van der Waals surface area contributed by atoms with Crippen molar-refractivity contribution in [2.45, 2.75) is 46.6 Å². The summed E-state index contributed by atoms with van der Waals surface area (Å²) in [6.07, 6.45) is 2.74. The lowest BCUT2D eigenvalue weighted by Crippen LogP contribution is -2.29. The summed E-state index contributed by atoms with van der Waals surface area (Å²) in [7, 11) is 0. The summed E-state index contributed by atoms with van der Waals surface area (Å²) in [5.74, 6) is 3.54. The van der Waals surface area contributed by atoms with Crippen molar-refractivity contribution in [3.05, 3.63) is 28.6 Å². The van der Waals surface area contributed by atoms with Gasteiger partial charge in [0.2, 0.25) is 0 Å². The molecular weight excluding hydrogens is 252 g/mol. The lowest BCUT2D eigenvalue weighted by atomic mass is 9.98. The van der Waals surface area contributed by atoms with E-state index in [2.05, 4.69) is 55.8 Å². The van der Waals surface area contributed by atoms with Gasteiger partial charge in [0, 0.05) is 17.4 Å². The first-order chi connectivity index (χ1) is 9.08. The van der Waals surface area contributed by atoms with E-state index in [-0.39, 0.29) is 0 Å². The highest BCUT2D eigenvalue weighted by Crippen LogP contribution is 2.24. The monoisotopic (exact) mass is 278 g/mol. The topological polar surface area (TPSA) is 24.9 Å². The molecule has 0 aliphatic carbocycles. The van der Waals surface area contributed by atoms with Crippen molar-refractivity contribution < 1.29 is 0 Å². The molecule has 0 amide bonds. The van der Waals surface area contributed by atoms with E-state index in [0.29, 0.717) is 6.04 Å². The van der Waals surface area contributed by atoms with E-state index in [0.717, 1.165) is 18.2 Å². The Hall–Kier alpha value is -0.540. The number of aryl methyl sites for hydroxylation is 3. The second kappa shape index (κ2) is 6.76. The minimum atomic E-state index is 0.405. The number of pyridine rings is 1. The molecule has 1 aliphatic heterocycles. The van der Waals surface area contributed by atoms with Gasteiger partial charge in [0.1, 0.15) is 0 Å². The van der Waals surface area contributed by atoms with E-state index >= 15 is 0 Å². The molecule has 1 unspecified atom stereocenters. The molecule has 2 heterocycles. The molecule has 106 valence electrons. The number of hydrogen-bond acceptors (Lipinski definition) is 3. The van der Waals surface area contributed by atoms with Crippen molar-refractivity contribution in [1.82, 2.24) is 10.3 Å². The van der Waals surface area contributed by atoms with Crippen LogP contribution in [-0.2, 0) is 0 Å². The highest BCUT2D eigenvalue weighted by molar-refractivity contribution is 7.99. The maximum absolute atomic E-state index is 4.61. The van der Waals surface area contributed by atoms with Crippen LogP contribution < -0.4 is 5.32 Å². The second-order valence-corrected chi connectivity index (χ2v) is 6.99.